The number of piperidine rings is 1. The lowest BCUT2D eigenvalue weighted by molar-refractivity contribution is -0.0637. The lowest BCUT2D eigenvalue weighted by atomic mass is 10.1. The van der Waals surface area contributed by atoms with Crippen molar-refractivity contribution in [3.63, 3.8) is 0 Å². The van der Waals surface area contributed by atoms with Crippen LogP contribution < -0.4 is 5.32 Å². The topological polar surface area (TPSA) is 130 Å². The summed E-state index contributed by atoms with van der Waals surface area (Å²) in [6.45, 7) is 8.06. The molecule has 13 nitrogen and oxygen atoms in total. The maximum absolute atomic E-state index is 13.4. The van der Waals surface area contributed by atoms with Gasteiger partial charge in [0.1, 0.15) is 5.84 Å². The Kier molecular flexibility index (Phi) is 8.90. The molecule has 15 heteroatoms. The second-order valence-corrected chi connectivity index (χ2v) is 13.6. The van der Waals surface area contributed by atoms with Gasteiger partial charge in [0, 0.05) is 64.8 Å². The third-order valence-electron chi connectivity index (χ3n) is 6.95. The van der Waals surface area contributed by atoms with E-state index in [0.717, 1.165) is 19.5 Å². The molecule has 3 saturated heterocycles. The number of rotatable bonds is 7. The van der Waals surface area contributed by atoms with E-state index < -0.39 is 26.3 Å². The molecule has 0 aromatic rings. The molecule has 1 unspecified atom stereocenters. The Hall–Kier alpha value is -1.36. The highest BCUT2D eigenvalue weighted by molar-refractivity contribution is 7.88. The molecule has 4 rings (SSSR count). The molecule has 206 valence electrons. The zero-order valence-corrected chi connectivity index (χ0v) is 23.2. The van der Waals surface area contributed by atoms with Gasteiger partial charge in [-0.2, -0.15) is 9.30 Å². The van der Waals surface area contributed by atoms with E-state index in [1.165, 1.54) is 21.1 Å². The van der Waals surface area contributed by atoms with Crippen molar-refractivity contribution in [2.45, 2.75) is 44.9 Å². The van der Waals surface area contributed by atoms with Gasteiger partial charge in [-0.15, -0.1) is 0 Å². The molecule has 1 N–H and O–H groups in total. The molecule has 0 amide bonds. The van der Waals surface area contributed by atoms with E-state index >= 15 is 0 Å². The number of piperazine rings is 1. The summed E-state index contributed by atoms with van der Waals surface area (Å²) in [6.07, 6.45) is 3.91. The maximum Gasteiger partial charge on any atom is 0.221 e. The third-order valence-corrected chi connectivity index (χ3v) is 9.50. The van der Waals surface area contributed by atoms with Gasteiger partial charge in [0.2, 0.25) is 32.3 Å². The van der Waals surface area contributed by atoms with Gasteiger partial charge in [0.25, 0.3) is 0 Å². The summed E-state index contributed by atoms with van der Waals surface area (Å²) in [7, 11) is -7.03. The summed E-state index contributed by atoms with van der Waals surface area (Å²) in [5.41, 5.74) is 0. The van der Waals surface area contributed by atoms with Crippen LogP contribution in [0, 0.1) is 0 Å². The number of morpholine rings is 1. The first-order valence-electron chi connectivity index (χ1n) is 12.8. The highest BCUT2D eigenvalue weighted by Gasteiger charge is 2.45. The van der Waals surface area contributed by atoms with Crippen molar-refractivity contribution in [2.75, 3.05) is 78.1 Å². The fourth-order valence-electron chi connectivity index (χ4n) is 5.17. The van der Waals surface area contributed by atoms with E-state index in [1.54, 1.807) is 0 Å². The average molecular weight is 549 g/mol. The number of guanidine groups is 1. The van der Waals surface area contributed by atoms with Gasteiger partial charge in [0.15, 0.2) is 0 Å². The lowest BCUT2D eigenvalue weighted by Gasteiger charge is -2.50. The van der Waals surface area contributed by atoms with Crippen molar-refractivity contribution < 1.29 is 21.6 Å². The molecule has 4 aliphatic heterocycles. The number of nitrogens with one attached hydrogen (secondary N) is 1. The monoisotopic (exact) mass is 548 g/mol. The Morgan fingerprint density at radius 3 is 2.19 bits per heavy atom. The number of nitrogens with zero attached hydrogens (tertiary/aromatic N) is 7. The van der Waals surface area contributed by atoms with Crippen LogP contribution in [-0.2, 0) is 24.8 Å². The Bertz CT molecular complexity index is 1030. The molecule has 0 spiro atoms. The molecule has 4 heterocycles. The molecule has 1 atom stereocenters. The quantitative estimate of drug-likeness (QED) is 0.425. The van der Waals surface area contributed by atoms with Crippen molar-refractivity contribution >= 4 is 31.8 Å². The summed E-state index contributed by atoms with van der Waals surface area (Å²) in [4.78, 5) is 12.0. The van der Waals surface area contributed by atoms with Gasteiger partial charge < -0.3 is 15.0 Å². The standard InChI is InChI=1S/C21H40N8O5S2/c1-4-5-19-23-20(25-14-16-34-17-15-25)28(26-12-8-22-9-13-26)21(24-19)29(36(3,32)33)18-6-10-27(11-7-18)35(2,30)31/h18,21-22H,4-17H2,1-3H3. The minimum Gasteiger partial charge on any atom is -0.378 e. The van der Waals surface area contributed by atoms with Gasteiger partial charge in [-0.25, -0.2) is 36.2 Å². The highest BCUT2D eigenvalue weighted by Crippen LogP contribution is 2.29. The van der Waals surface area contributed by atoms with Crippen molar-refractivity contribution in [1.82, 2.24) is 28.8 Å². The van der Waals surface area contributed by atoms with Gasteiger partial charge in [-0.1, -0.05) is 6.92 Å². The largest absolute Gasteiger partial charge is 0.378 e. The fraction of sp³-hybridized carbons (Fsp3) is 0.905. The van der Waals surface area contributed by atoms with Crippen LogP contribution in [0.3, 0.4) is 0 Å². The predicted octanol–water partition coefficient (Wildman–Crippen LogP) is -1.02. The maximum atomic E-state index is 13.4. The summed E-state index contributed by atoms with van der Waals surface area (Å²) in [6, 6.07) is -0.371. The zero-order valence-electron chi connectivity index (χ0n) is 21.5. The van der Waals surface area contributed by atoms with Crippen molar-refractivity contribution in [3.8, 4) is 0 Å². The summed E-state index contributed by atoms with van der Waals surface area (Å²) in [5, 5.41) is 7.47. The first kappa shape index (κ1) is 27.7. The smallest absolute Gasteiger partial charge is 0.221 e. The van der Waals surface area contributed by atoms with Crippen LogP contribution in [0.5, 0.6) is 0 Å². The fourth-order valence-corrected chi connectivity index (χ4v) is 7.28. The highest BCUT2D eigenvalue weighted by atomic mass is 32.2. The van der Waals surface area contributed by atoms with E-state index in [4.69, 9.17) is 14.7 Å². The van der Waals surface area contributed by atoms with Gasteiger partial charge in [-0.05, 0) is 19.3 Å². The van der Waals surface area contributed by atoms with Gasteiger partial charge in [-0.3, -0.25) is 0 Å². The number of ether oxygens (including phenoxy) is 1. The Labute approximate surface area is 215 Å². The molecule has 0 aromatic carbocycles. The molecular formula is C21H40N8O5S2. The van der Waals surface area contributed by atoms with Gasteiger partial charge in [0.05, 0.1) is 25.7 Å². The number of sulfonamides is 2. The van der Waals surface area contributed by atoms with Gasteiger partial charge >= 0.3 is 0 Å². The van der Waals surface area contributed by atoms with E-state index in [2.05, 4.69) is 22.1 Å². The molecule has 3 fully saturated rings. The first-order chi connectivity index (χ1) is 17.1. The second kappa shape index (κ2) is 11.6. The normalized spacial score (nSPS) is 26.3. The van der Waals surface area contributed by atoms with Crippen molar-refractivity contribution in [3.05, 3.63) is 0 Å². The summed E-state index contributed by atoms with van der Waals surface area (Å²) in [5.74, 6) is 1.35. The number of hydrazine groups is 1. The number of amidine groups is 1. The van der Waals surface area contributed by atoms with E-state index in [0.29, 0.717) is 70.5 Å². The second-order valence-electron chi connectivity index (χ2n) is 9.69. The minimum absolute atomic E-state index is 0.284. The molecule has 0 saturated carbocycles. The van der Waals surface area contributed by atoms with E-state index in [9.17, 15) is 16.8 Å². The van der Waals surface area contributed by atoms with Crippen LogP contribution in [0.4, 0.5) is 0 Å². The molecule has 36 heavy (non-hydrogen) atoms. The zero-order chi connectivity index (χ0) is 25.9. The van der Waals surface area contributed by atoms with Crippen molar-refractivity contribution in [1.29, 1.82) is 0 Å². The van der Waals surface area contributed by atoms with Crippen LogP contribution in [0.2, 0.25) is 0 Å². The Morgan fingerprint density at radius 2 is 1.64 bits per heavy atom. The predicted molar refractivity (Wildman–Crippen MR) is 138 cm³/mol. The molecule has 0 aliphatic carbocycles. The molecule has 4 aliphatic rings. The van der Waals surface area contributed by atoms with Crippen LogP contribution in [0.1, 0.15) is 32.6 Å². The van der Waals surface area contributed by atoms with Crippen LogP contribution in [-0.4, -0.2) is 143 Å². The van der Waals surface area contributed by atoms with Crippen LogP contribution in [0.25, 0.3) is 0 Å². The average Bonchev–Trinajstić information content (AvgIpc) is 2.84. The first-order valence-corrected chi connectivity index (χ1v) is 16.5. The third kappa shape index (κ3) is 6.37. The number of hydrogen-bond acceptors (Lipinski definition) is 11. The summed E-state index contributed by atoms with van der Waals surface area (Å²) >= 11 is 0. The minimum atomic E-state index is -3.71. The molecule has 0 radical (unpaired) electrons. The van der Waals surface area contributed by atoms with E-state index in [-0.39, 0.29) is 19.1 Å². The van der Waals surface area contributed by atoms with Crippen LogP contribution in [0.15, 0.2) is 9.98 Å². The van der Waals surface area contributed by atoms with Crippen molar-refractivity contribution in [2.24, 2.45) is 9.98 Å². The SMILES string of the molecule is CCCC1=NC(N(C2CCN(S(C)(=O)=O)CC2)S(C)(=O)=O)N(N2CCNCC2)C(N2CCOCC2)=N1. The number of aliphatic imine (C=N–C) groups is 2. The molecular weight excluding hydrogens is 508 g/mol. The molecule has 0 bridgehead atoms. The van der Waals surface area contributed by atoms with E-state index in [1.807, 2.05) is 5.01 Å². The molecule has 0 aromatic heterocycles. The Balaban J connectivity index is 1.73. The number of hydrogen-bond donors (Lipinski definition) is 1. The van der Waals surface area contributed by atoms with Crippen LogP contribution >= 0.6 is 0 Å². The lowest BCUT2D eigenvalue weighted by Crippen LogP contribution is -2.68. The Morgan fingerprint density at radius 1 is 1.00 bits per heavy atom. The summed E-state index contributed by atoms with van der Waals surface area (Å²) < 4.78 is 59.4.